The largest absolute Gasteiger partial charge is 0.507 e. The van der Waals surface area contributed by atoms with Crippen molar-refractivity contribution in [2.24, 2.45) is 0 Å². The molecule has 0 aliphatic rings. The average molecular weight is 446 g/mol. The van der Waals surface area contributed by atoms with Gasteiger partial charge in [-0.15, -0.1) is 0 Å². The second-order valence-electron chi connectivity index (χ2n) is 7.58. The number of aromatic nitrogens is 2. The fourth-order valence-corrected chi connectivity index (χ4v) is 4.74. The number of phenols is 2. The van der Waals surface area contributed by atoms with Crippen molar-refractivity contribution < 1.29 is 23.2 Å². The van der Waals surface area contributed by atoms with E-state index in [2.05, 4.69) is 9.97 Å². The lowest BCUT2D eigenvalue weighted by Crippen LogP contribution is -1.99. The minimum Gasteiger partial charge on any atom is -0.507 e. The number of hydrogen-bond donors (Lipinski definition) is 4. The van der Waals surface area contributed by atoms with Gasteiger partial charge in [0.1, 0.15) is 27.7 Å². The molecule has 4 N–H and O–H groups in total. The minimum atomic E-state index is -4.55. The van der Waals surface area contributed by atoms with Crippen molar-refractivity contribution in [2.45, 2.75) is 11.8 Å². The number of H-pyrrole nitrogens is 1. The van der Waals surface area contributed by atoms with Crippen LogP contribution in [0.4, 0.5) is 0 Å². The van der Waals surface area contributed by atoms with Crippen LogP contribution in [0.1, 0.15) is 5.56 Å². The van der Waals surface area contributed by atoms with Crippen LogP contribution in [0.3, 0.4) is 0 Å². The smallest absolute Gasteiger partial charge is 0.295 e. The number of hydrogen-bond acceptors (Lipinski definition) is 5. The zero-order chi connectivity index (χ0) is 22.6. The summed E-state index contributed by atoms with van der Waals surface area (Å²) in [6.45, 7) is 1.99. The molecule has 160 valence electrons. The predicted octanol–water partition coefficient (Wildman–Crippen LogP) is 5.02. The molecule has 0 unspecified atom stereocenters. The lowest BCUT2D eigenvalue weighted by atomic mass is 9.99. The topological polar surface area (TPSA) is 124 Å². The number of phenolic OH excluding ortho intramolecular Hbond substituents is 2. The Morgan fingerprint density at radius 1 is 0.875 bits per heavy atom. The second kappa shape index (κ2) is 7.08. The third-order valence-electron chi connectivity index (χ3n) is 5.54. The first-order chi connectivity index (χ1) is 15.2. The van der Waals surface area contributed by atoms with Crippen molar-refractivity contribution in [3.05, 3.63) is 72.3 Å². The fourth-order valence-electron chi connectivity index (χ4n) is 4.02. The third kappa shape index (κ3) is 3.17. The summed E-state index contributed by atoms with van der Waals surface area (Å²) in [6, 6.07) is 18.7. The van der Waals surface area contributed by atoms with E-state index in [1.807, 2.05) is 37.3 Å². The third-order valence-corrected chi connectivity index (χ3v) is 6.43. The number of rotatable bonds is 3. The summed E-state index contributed by atoms with van der Waals surface area (Å²) < 4.78 is 33.5. The Balaban J connectivity index is 1.73. The molecule has 0 radical (unpaired) electrons. The molecule has 4 aromatic carbocycles. The standard InChI is InChI=1S/C24H18N2O5S/c1-13-5-2-3-6-15(13)14-9-10-16(20(28)11-14)24-25-18-12-21(32(29,30)31)17-7-4-8-19(27)22(17)23(18)26-24/h2-12,27-28H,1H3,(H,25,26)(H,29,30,31). The summed E-state index contributed by atoms with van der Waals surface area (Å²) in [6.07, 6.45) is 0. The normalized spacial score (nSPS) is 11.9. The predicted molar refractivity (Wildman–Crippen MR) is 122 cm³/mol. The molecule has 7 nitrogen and oxygen atoms in total. The number of nitrogens with zero attached hydrogens (tertiary/aromatic N) is 1. The van der Waals surface area contributed by atoms with Crippen LogP contribution in [-0.4, -0.2) is 33.2 Å². The number of nitrogens with one attached hydrogen (secondary N) is 1. The van der Waals surface area contributed by atoms with E-state index < -0.39 is 10.1 Å². The van der Waals surface area contributed by atoms with Gasteiger partial charge in [-0.2, -0.15) is 8.42 Å². The Hall–Kier alpha value is -3.88. The van der Waals surface area contributed by atoms with E-state index in [0.717, 1.165) is 16.7 Å². The van der Waals surface area contributed by atoms with Gasteiger partial charge in [0.2, 0.25) is 0 Å². The van der Waals surface area contributed by atoms with Crippen molar-refractivity contribution in [2.75, 3.05) is 0 Å². The summed E-state index contributed by atoms with van der Waals surface area (Å²) in [7, 11) is -4.55. The van der Waals surface area contributed by atoms with Gasteiger partial charge in [-0.3, -0.25) is 4.55 Å². The quantitative estimate of drug-likeness (QED) is 0.289. The van der Waals surface area contributed by atoms with Crippen LogP contribution >= 0.6 is 0 Å². The zero-order valence-electron chi connectivity index (χ0n) is 16.9. The van der Waals surface area contributed by atoms with Gasteiger partial charge in [-0.25, -0.2) is 4.98 Å². The van der Waals surface area contributed by atoms with Gasteiger partial charge >= 0.3 is 0 Å². The first-order valence-corrected chi connectivity index (χ1v) is 11.2. The van der Waals surface area contributed by atoms with E-state index in [4.69, 9.17) is 0 Å². The van der Waals surface area contributed by atoms with Gasteiger partial charge in [-0.05, 0) is 47.9 Å². The number of aromatic amines is 1. The molecule has 0 spiro atoms. The van der Waals surface area contributed by atoms with Gasteiger partial charge in [-0.1, -0.05) is 42.5 Å². The number of aryl methyl sites for hydroxylation is 1. The highest BCUT2D eigenvalue weighted by atomic mass is 32.2. The van der Waals surface area contributed by atoms with Crippen molar-refractivity contribution in [3.8, 4) is 34.0 Å². The van der Waals surface area contributed by atoms with Crippen molar-refractivity contribution in [1.82, 2.24) is 9.97 Å². The summed E-state index contributed by atoms with van der Waals surface area (Å²) in [5.41, 5.74) is 3.94. The molecule has 1 aromatic heterocycles. The minimum absolute atomic E-state index is 0.00617. The monoisotopic (exact) mass is 446 g/mol. The van der Waals surface area contributed by atoms with Crippen LogP contribution in [0.15, 0.2) is 71.6 Å². The van der Waals surface area contributed by atoms with E-state index >= 15 is 0 Å². The van der Waals surface area contributed by atoms with Crippen molar-refractivity contribution in [1.29, 1.82) is 0 Å². The molecule has 0 aliphatic heterocycles. The molecule has 0 fully saturated rings. The SMILES string of the molecule is Cc1ccccc1-c1ccc(-c2nc3c(cc(S(=O)(=O)O)c4cccc(O)c43)[nH]2)c(O)c1. The highest BCUT2D eigenvalue weighted by molar-refractivity contribution is 7.86. The Morgan fingerprint density at radius 3 is 2.38 bits per heavy atom. The molecule has 5 aromatic rings. The molecule has 32 heavy (non-hydrogen) atoms. The van der Waals surface area contributed by atoms with Crippen LogP contribution in [-0.2, 0) is 10.1 Å². The van der Waals surface area contributed by atoms with Gasteiger partial charge in [0.15, 0.2) is 0 Å². The summed E-state index contributed by atoms with van der Waals surface area (Å²) in [5.74, 6) is 0.120. The van der Waals surface area contributed by atoms with Crippen LogP contribution in [0.2, 0.25) is 0 Å². The van der Waals surface area contributed by atoms with Crippen molar-refractivity contribution >= 4 is 31.9 Å². The average Bonchev–Trinajstić information content (AvgIpc) is 3.16. The van der Waals surface area contributed by atoms with Gasteiger partial charge in [0.05, 0.1) is 16.5 Å². The lowest BCUT2D eigenvalue weighted by molar-refractivity contribution is 0.477. The Morgan fingerprint density at radius 2 is 1.66 bits per heavy atom. The maximum Gasteiger partial charge on any atom is 0.295 e. The molecular weight excluding hydrogens is 428 g/mol. The van der Waals surface area contributed by atoms with Crippen LogP contribution < -0.4 is 0 Å². The van der Waals surface area contributed by atoms with E-state index in [9.17, 15) is 23.2 Å². The molecule has 8 heteroatoms. The highest BCUT2D eigenvalue weighted by Gasteiger charge is 2.21. The van der Waals surface area contributed by atoms with Crippen LogP contribution in [0.25, 0.3) is 44.3 Å². The fraction of sp³-hybridized carbons (Fsp3) is 0.0417. The van der Waals surface area contributed by atoms with Gasteiger partial charge < -0.3 is 15.2 Å². The summed E-state index contributed by atoms with van der Waals surface area (Å²) in [4.78, 5) is 7.18. The molecule has 5 rings (SSSR count). The Bertz CT molecular complexity index is 1640. The first-order valence-electron chi connectivity index (χ1n) is 9.75. The van der Waals surface area contributed by atoms with Crippen LogP contribution in [0.5, 0.6) is 11.5 Å². The van der Waals surface area contributed by atoms with Gasteiger partial charge in [0.25, 0.3) is 10.1 Å². The van der Waals surface area contributed by atoms with E-state index in [0.29, 0.717) is 22.4 Å². The summed E-state index contributed by atoms with van der Waals surface area (Å²) in [5, 5.41) is 21.5. The number of imidazole rings is 1. The molecule has 0 saturated carbocycles. The summed E-state index contributed by atoms with van der Waals surface area (Å²) >= 11 is 0. The van der Waals surface area contributed by atoms with Crippen LogP contribution in [0, 0.1) is 6.92 Å². The number of benzene rings is 4. The zero-order valence-corrected chi connectivity index (χ0v) is 17.7. The molecule has 0 bridgehead atoms. The molecule has 0 aliphatic carbocycles. The number of fused-ring (bicyclic) bond motifs is 3. The van der Waals surface area contributed by atoms with E-state index in [1.165, 1.54) is 24.3 Å². The second-order valence-corrected chi connectivity index (χ2v) is 8.97. The number of aromatic hydroxyl groups is 2. The van der Waals surface area contributed by atoms with E-state index in [-0.39, 0.29) is 27.2 Å². The van der Waals surface area contributed by atoms with E-state index in [1.54, 1.807) is 12.1 Å². The molecule has 0 saturated heterocycles. The Kier molecular flexibility index (Phi) is 4.44. The van der Waals surface area contributed by atoms with Crippen molar-refractivity contribution in [3.63, 3.8) is 0 Å². The molecular formula is C24H18N2O5S. The first kappa shape index (κ1) is 20.0. The molecule has 0 amide bonds. The molecule has 1 heterocycles. The molecule has 0 atom stereocenters. The highest BCUT2D eigenvalue weighted by Crippen LogP contribution is 2.39. The Labute approximate surface area is 183 Å². The maximum atomic E-state index is 11.9. The maximum absolute atomic E-state index is 11.9. The van der Waals surface area contributed by atoms with Gasteiger partial charge in [0, 0.05) is 5.39 Å². The lowest BCUT2D eigenvalue weighted by Gasteiger charge is -2.08.